The number of aromatic nitrogens is 1. The van der Waals surface area contributed by atoms with Gasteiger partial charge >= 0.3 is 0 Å². The van der Waals surface area contributed by atoms with E-state index in [1.54, 1.807) is 6.07 Å². The normalized spacial score (nSPS) is 25.6. The number of para-hydroxylation sites is 1. The van der Waals surface area contributed by atoms with Gasteiger partial charge in [0.05, 0.1) is 6.54 Å². The van der Waals surface area contributed by atoms with E-state index in [1.165, 1.54) is 5.56 Å². The van der Waals surface area contributed by atoms with Crippen LogP contribution in [0.3, 0.4) is 0 Å². The summed E-state index contributed by atoms with van der Waals surface area (Å²) in [4.78, 5) is 30.0. The Kier molecular flexibility index (Phi) is 4.78. The Morgan fingerprint density at radius 2 is 1.97 bits per heavy atom. The van der Waals surface area contributed by atoms with Crippen molar-refractivity contribution in [3.05, 3.63) is 64.1 Å². The third kappa shape index (κ3) is 3.21. The molecule has 0 aliphatic carbocycles. The van der Waals surface area contributed by atoms with E-state index in [0.29, 0.717) is 18.4 Å². The van der Waals surface area contributed by atoms with Gasteiger partial charge in [0.25, 0.3) is 5.56 Å². The average molecular weight is 392 g/mol. The number of pyridine rings is 1. The van der Waals surface area contributed by atoms with Gasteiger partial charge in [-0.25, -0.2) is 0 Å². The van der Waals surface area contributed by atoms with E-state index >= 15 is 0 Å². The lowest BCUT2D eigenvalue weighted by atomic mass is 9.77. The van der Waals surface area contributed by atoms with Crippen LogP contribution in [0.1, 0.15) is 49.4 Å². The van der Waals surface area contributed by atoms with Crippen molar-refractivity contribution in [3.63, 3.8) is 0 Å². The summed E-state index contributed by atoms with van der Waals surface area (Å²) in [7, 11) is 0. The van der Waals surface area contributed by atoms with Crippen LogP contribution in [0, 0.1) is 5.92 Å². The first-order valence-corrected chi connectivity index (χ1v) is 11.0. The maximum absolute atomic E-state index is 13.1. The van der Waals surface area contributed by atoms with Crippen molar-refractivity contribution in [1.82, 2.24) is 9.47 Å². The van der Waals surface area contributed by atoms with Crippen LogP contribution in [-0.2, 0) is 11.2 Å². The maximum atomic E-state index is 13.1. The summed E-state index contributed by atoms with van der Waals surface area (Å²) >= 11 is 0. The lowest BCUT2D eigenvalue weighted by Gasteiger charge is -2.47. The van der Waals surface area contributed by atoms with E-state index in [4.69, 9.17) is 0 Å². The monoisotopic (exact) mass is 391 g/mol. The van der Waals surface area contributed by atoms with Crippen LogP contribution >= 0.6 is 0 Å². The highest BCUT2D eigenvalue weighted by Gasteiger charge is 2.40. The minimum Gasteiger partial charge on any atom is -0.311 e. The second-order valence-electron chi connectivity index (χ2n) is 8.83. The van der Waals surface area contributed by atoms with Crippen molar-refractivity contribution in [1.29, 1.82) is 0 Å². The predicted octanol–water partition coefficient (Wildman–Crippen LogP) is 3.20. The molecule has 3 atom stereocenters. The summed E-state index contributed by atoms with van der Waals surface area (Å²) in [6.07, 6.45) is 4.17. The summed E-state index contributed by atoms with van der Waals surface area (Å²) in [5.74, 6) is 0.988. The number of anilines is 1. The molecule has 5 heteroatoms. The fourth-order valence-corrected chi connectivity index (χ4v) is 5.80. The highest BCUT2D eigenvalue weighted by Crippen LogP contribution is 2.42. The van der Waals surface area contributed by atoms with E-state index in [9.17, 15) is 9.59 Å². The molecule has 0 spiro atoms. The summed E-state index contributed by atoms with van der Waals surface area (Å²) in [5.41, 5.74) is 3.65. The predicted molar refractivity (Wildman–Crippen MR) is 114 cm³/mol. The van der Waals surface area contributed by atoms with Crippen LogP contribution in [0.5, 0.6) is 0 Å². The first-order chi connectivity index (χ1) is 14.2. The Hall–Kier alpha value is -2.40. The van der Waals surface area contributed by atoms with Crippen LogP contribution in [0.4, 0.5) is 5.69 Å². The van der Waals surface area contributed by atoms with Crippen molar-refractivity contribution >= 4 is 11.6 Å². The molecule has 5 rings (SSSR count). The van der Waals surface area contributed by atoms with Crippen molar-refractivity contribution < 1.29 is 4.79 Å². The topological polar surface area (TPSA) is 45.6 Å². The fraction of sp³-hybridized carbons (Fsp3) is 0.500. The summed E-state index contributed by atoms with van der Waals surface area (Å²) in [6.45, 7) is 5.21. The molecule has 3 aliphatic heterocycles. The van der Waals surface area contributed by atoms with Crippen LogP contribution in [0.25, 0.3) is 0 Å². The number of carbonyl (C=O) groups is 1. The maximum Gasteiger partial charge on any atom is 0.250 e. The van der Waals surface area contributed by atoms with Gasteiger partial charge in [0.15, 0.2) is 0 Å². The van der Waals surface area contributed by atoms with E-state index in [0.717, 1.165) is 56.7 Å². The molecule has 5 nitrogen and oxygen atoms in total. The zero-order chi connectivity index (χ0) is 20.0. The lowest BCUT2D eigenvalue weighted by Crippen LogP contribution is -2.51. The van der Waals surface area contributed by atoms with Crippen molar-refractivity contribution in [2.45, 2.75) is 44.6 Å². The molecule has 3 aliphatic rings. The van der Waals surface area contributed by atoms with E-state index in [1.807, 2.05) is 23.1 Å². The smallest absolute Gasteiger partial charge is 0.250 e. The second kappa shape index (κ2) is 7.45. The number of nitrogens with zero attached hydrogens (tertiary/aromatic N) is 3. The van der Waals surface area contributed by atoms with Gasteiger partial charge in [-0.15, -0.1) is 0 Å². The van der Waals surface area contributed by atoms with Crippen LogP contribution in [0.2, 0.25) is 0 Å². The van der Waals surface area contributed by atoms with Crippen LogP contribution in [0.15, 0.2) is 47.3 Å². The number of piperidine rings is 1. The Morgan fingerprint density at radius 3 is 2.83 bits per heavy atom. The number of carbonyl (C=O) groups excluding carboxylic acids is 1. The minimum atomic E-state index is 0.133. The Bertz CT molecular complexity index is 982. The number of hydrogen-bond acceptors (Lipinski definition) is 3. The molecule has 1 fully saturated rings. The molecular weight excluding hydrogens is 362 g/mol. The molecule has 29 heavy (non-hydrogen) atoms. The molecule has 4 heterocycles. The third-order valence-electron chi connectivity index (χ3n) is 7.01. The molecule has 1 saturated heterocycles. The third-order valence-corrected chi connectivity index (χ3v) is 7.01. The molecule has 1 aromatic carbocycles. The van der Waals surface area contributed by atoms with Gasteiger partial charge in [-0.05, 0) is 42.9 Å². The molecule has 1 amide bonds. The van der Waals surface area contributed by atoms with Crippen LogP contribution < -0.4 is 10.5 Å². The molecule has 2 aromatic rings. The Balaban J connectivity index is 1.37. The van der Waals surface area contributed by atoms with Gasteiger partial charge in [0, 0.05) is 49.0 Å². The molecular formula is C24H29N3O2. The van der Waals surface area contributed by atoms with Gasteiger partial charge in [-0.2, -0.15) is 0 Å². The summed E-state index contributed by atoms with van der Waals surface area (Å²) in [6, 6.07) is 14.2. The Morgan fingerprint density at radius 1 is 1.10 bits per heavy atom. The highest BCUT2D eigenvalue weighted by molar-refractivity contribution is 5.96. The molecule has 0 saturated carbocycles. The standard InChI is InChI=1S/C24H29N3O2/c1-2-6-21-18-13-19(22-9-5-10-23(28)27(21)22)15-25(14-18)16-24(29)26-12-11-17-7-3-4-8-20(17)26/h3-5,7-10,18-19,21H,2,6,11-16H2,1H3/t18-,19+,21-/m0/s1. The highest BCUT2D eigenvalue weighted by atomic mass is 16.2. The SMILES string of the molecule is CCC[C@H]1[C@H]2C[C@H](CN(CC(=O)N3CCc4ccccc43)C2)c2cccc(=O)n21. The van der Waals surface area contributed by atoms with Crippen molar-refractivity contribution in [2.24, 2.45) is 5.92 Å². The average Bonchev–Trinajstić information content (AvgIpc) is 3.15. The summed E-state index contributed by atoms with van der Waals surface area (Å²) < 4.78 is 2.07. The van der Waals surface area contributed by atoms with Crippen molar-refractivity contribution in [3.8, 4) is 0 Å². The van der Waals surface area contributed by atoms with E-state index in [-0.39, 0.29) is 17.5 Å². The van der Waals surface area contributed by atoms with Gasteiger partial charge in [0.1, 0.15) is 0 Å². The molecule has 0 unspecified atom stereocenters. The Labute approximate surface area is 171 Å². The molecule has 2 bridgehead atoms. The number of fused-ring (bicyclic) bond motifs is 5. The number of benzene rings is 1. The molecule has 0 radical (unpaired) electrons. The van der Waals surface area contributed by atoms with Gasteiger partial charge in [-0.1, -0.05) is 37.6 Å². The fourth-order valence-electron chi connectivity index (χ4n) is 5.80. The lowest BCUT2D eigenvalue weighted by molar-refractivity contribution is -0.120. The zero-order valence-electron chi connectivity index (χ0n) is 17.1. The second-order valence-corrected chi connectivity index (χ2v) is 8.83. The van der Waals surface area contributed by atoms with Gasteiger partial charge in [0.2, 0.25) is 5.91 Å². The van der Waals surface area contributed by atoms with Gasteiger partial charge in [-0.3, -0.25) is 14.5 Å². The van der Waals surface area contributed by atoms with Crippen LogP contribution in [-0.4, -0.2) is 41.6 Å². The molecule has 152 valence electrons. The van der Waals surface area contributed by atoms with E-state index < -0.39 is 0 Å². The molecule has 0 N–H and O–H groups in total. The van der Waals surface area contributed by atoms with Crippen molar-refractivity contribution in [2.75, 3.05) is 31.1 Å². The van der Waals surface area contributed by atoms with Gasteiger partial charge < -0.3 is 9.47 Å². The zero-order valence-corrected chi connectivity index (χ0v) is 17.1. The number of hydrogen-bond donors (Lipinski definition) is 0. The number of likely N-dealkylation sites (tertiary alicyclic amines) is 1. The number of rotatable bonds is 4. The first-order valence-electron chi connectivity index (χ1n) is 11.0. The first kappa shape index (κ1) is 18.6. The minimum absolute atomic E-state index is 0.133. The van der Waals surface area contributed by atoms with E-state index in [2.05, 4.69) is 34.6 Å². The summed E-state index contributed by atoms with van der Waals surface area (Å²) in [5, 5.41) is 0. The largest absolute Gasteiger partial charge is 0.311 e. The number of amides is 1. The molecule has 1 aromatic heterocycles. The quantitative estimate of drug-likeness (QED) is 0.804.